The SMILES string of the molecule is CCN(CC)C(=O)CCCC(=O)Nc1ccc2c(ccn2CC(=O)O)c1. The first kappa shape index (κ1) is 19.5. The van der Waals surface area contributed by atoms with Crippen LogP contribution in [0.3, 0.4) is 0 Å². The molecule has 0 spiro atoms. The van der Waals surface area contributed by atoms with Crippen LogP contribution in [0.25, 0.3) is 10.9 Å². The zero-order valence-electron chi connectivity index (χ0n) is 15.2. The summed E-state index contributed by atoms with van der Waals surface area (Å²) in [6, 6.07) is 7.17. The van der Waals surface area contributed by atoms with Crippen LogP contribution >= 0.6 is 0 Å². The molecule has 2 aromatic rings. The maximum Gasteiger partial charge on any atom is 0.323 e. The van der Waals surface area contributed by atoms with Gasteiger partial charge in [0.1, 0.15) is 6.54 Å². The van der Waals surface area contributed by atoms with Gasteiger partial charge in [-0.15, -0.1) is 0 Å². The van der Waals surface area contributed by atoms with Crippen LogP contribution in [0.1, 0.15) is 33.1 Å². The monoisotopic (exact) mass is 359 g/mol. The van der Waals surface area contributed by atoms with Crippen molar-refractivity contribution in [2.45, 2.75) is 39.7 Å². The van der Waals surface area contributed by atoms with Crippen molar-refractivity contribution in [3.05, 3.63) is 30.5 Å². The molecule has 7 heteroatoms. The summed E-state index contributed by atoms with van der Waals surface area (Å²) >= 11 is 0. The van der Waals surface area contributed by atoms with E-state index in [0.29, 0.717) is 31.6 Å². The summed E-state index contributed by atoms with van der Waals surface area (Å²) in [5.74, 6) is -0.968. The number of nitrogens with zero attached hydrogens (tertiary/aromatic N) is 2. The number of hydrogen-bond donors (Lipinski definition) is 2. The Morgan fingerprint density at radius 3 is 2.50 bits per heavy atom. The standard InChI is InChI=1S/C19H25N3O4/c1-3-21(4-2)18(24)7-5-6-17(23)20-15-8-9-16-14(12-15)10-11-22(16)13-19(25)26/h8-12H,3-7,13H2,1-2H3,(H,20,23)(H,25,26). The van der Waals surface area contributed by atoms with Crippen LogP contribution in [0.2, 0.25) is 0 Å². The smallest absolute Gasteiger partial charge is 0.323 e. The van der Waals surface area contributed by atoms with Crippen molar-refractivity contribution in [1.82, 2.24) is 9.47 Å². The van der Waals surface area contributed by atoms with E-state index in [-0.39, 0.29) is 24.8 Å². The van der Waals surface area contributed by atoms with E-state index < -0.39 is 5.97 Å². The summed E-state index contributed by atoms with van der Waals surface area (Å²) in [5.41, 5.74) is 1.46. The summed E-state index contributed by atoms with van der Waals surface area (Å²) < 4.78 is 1.64. The van der Waals surface area contributed by atoms with E-state index >= 15 is 0 Å². The van der Waals surface area contributed by atoms with E-state index in [9.17, 15) is 14.4 Å². The zero-order chi connectivity index (χ0) is 19.1. The van der Waals surface area contributed by atoms with Gasteiger partial charge in [-0.25, -0.2) is 0 Å². The number of carbonyl (C=O) groups is 3. The lowest BCUT2D eigenvalue weighted by Crippen LogP contribution is -2.30. The van der Waals surface area contributed by atoms with Crippen molar-refractivity contribution in [3.8, 4) is 0 Å². The summed E-state index contributed by atoms with van der Waals surface area (Å²) in [6.45, 7) is 5.14. The topological polar surface area (TPSA) is 91.6 Å². The highest BCUT2D eigenvalue weighted by molar-refractivity contribution is 5.94. The Kier molecular flexibility index (Phi) is 6.77. The van der Waals surface area contributed by atoms with Crippen LogP contribution in [0, 0.1) is 0 Å². The van der Waals surface area contributed by atoms with Gasteiger partial charge in [0.15, 0.2) is 0 Å². The largest absolute Gasteiger partial charge is 0.480 e. The van der Waals surface area contributed by atoms with Gasteiger partial charge in [0.2, 0.25) is 11.8 Å². The summed E-state index contributed by atoms with van der Waals surface area (Å²) in [5, 5.41) is 12.6. The molecular weight excluding hydrogens is 334 g/mol. The fourth-order valence-corrected chi connectivity index (χ4v) is 2.92. The molecule has 0 saturated carbocycles. The normalized spacial score (nSPS) is 10.7. The minimum atomic E-state index is -0.904. The Labute approximate surface area is 152 Å². The second-order valence-electron chi connectivity index (χ2n) is 6.08. The quantitative estimate of drug-likeness (QED) is 0.720. The van der Waals surface area contributed by atoms with E-state index in [2.05, 4.69) is 5.32 Å². The van der Waals surface area contributed by atoms with Crippen LogP contribution < -0.4 is 5.32 Å². The van der Waals surface area contributed by atoms with E-state index in [1.807, 2.05) is 26.0 Å². The molecule has 1 heterocycles. The Hall–Kier alpha value is -2.83. The molecule has 2 amide bonds. The lowest BCUT2D eigenvalue weighted by molar-refractivity contribution is -0.137. The number of fused-ring (bicyclic) bond motifs is 1. The number of carboxylic acid groups (broad SMARTS) is 1. The van der Waals surface area contributed by atoms with Gasteiger partial charge in [0.05, 0.1) is 0 Å². The van der Waals surface area contributed by atoms with Crippen molar-refractivity contribution in [2.24, 2.45) is 0 Å². The highest BCUT2D eigenvalue weighted by Gasteiger charge is 2.11. The number of nitrogens with one attached hydrogen (secondary N) is 1. The van der Waals surface area contributed by atoms with Crippen molar-refractivity contribution in [1.29, 1.82) is 0 Å². The molecule has 0 bridgehead atoms. The van der Waals surface area contributed by atoms with Crippen LogP contribution in [0.4, 0.5) is 5.69 Å². The van der Waals surface area contributed by atoms with Gasteiger partial charge in [-0.2, -0.15) is 0 Å². The lowest BCUT2D eigenvalue weighted by Gasteiger charge is -2.18. The first-order valence-electron chi connectivity index (χ1n) is 8.82. The number of anilines is 1. The summed E-state index contributed by atoms with van der Waals surface area (Å²) in [4.78, 5) is 36.6. The predicted molar refractivity (Wildman–Crippen MR) is 100.0 cm³/mol. The molecule has 0 atom stereocenters. The highest BCUT2D eigenvalue weighted by atomic mass is 16.4. The van der Waals surface area contributed by atoms with Crippen LogP contribution in [-0.2, 0) is 20.9 Å². The second-order valence-corrected chi connectivity index (χ2v) is 6.08. The molecule has 0 aliphatic rings. The van der Waals surface area contributed by atoms with Crippen molar-refractivity contribution >= 4 is 34.4 Å². The predicted octanol–water partition coefficient (Wildman–Crippen LogP) is 2.70. The maximum absolute atomic E-state index is 12.1. The Bertz CT molecular complexity index is 793. The maximum atomic E-state index is 12.1. The molecular formula is C19H25N3O4. The van der Waals surface area contributed by atoms with Gasteiger partial charge >= 0.3 is 5.97 Å². The van der Waals surface area contributed by atoms with E-state index in [1.54, 1.807) is 27.8 Å². The van der Waals surface area contributed by atoms with Crippen molar-refractivity contribution in [3.63, 3.8) is 0 Å². The first-order chi connectivity index (χ1) is 12.4. The number of hydrogen-bond acceptors (Lipinski definition) is 3. The van der Waals surface area contributed by atoms with Gasteiger partial charge in [-0.3, -0.25) is 14.4 Å². The van der Waals surface area contributed by atoms with Gasteiger partial charge in [-0.05, 0) is 44.5 Å². The molecule has 7 nitrogen and oxygen atoms in total. The third kappa shape index (κ3) is 5.08. The van der Waals surface area contributed by atoms with Gasteiger partial charge in [0, 0.05) is 48.7 Å². The molecule has 0 aliphatic carbocycles. The molecule has 1 aromatic heterocycles. The average molecular weight is 359 g/mol. The number of amides is 2. The zero-order valence-corrected chi connectivity index (χ0v) is 15.2. The van der Waals surface area contributed by atoms with Crippen LogP contribution in [0.15, 0.2) is 30.5 Å². The molecule has 0 radical (unpaired) electrons. The fourth-order valence-electron chi connectivity index (χ4n) is 2.92. The number of rotatable bonds is 9. The van der Waals surface area contributed by atoms with Crippen LogP contribution in [0.5, 0.6) is 0 Å². The first-order valence-corrected chi connectivity index (χ1v) is 8.82. The molecule has 26 heavy (non-hydrogen) atoms. The fraction of sp³-hybridized carbons (Fsp3) is 0.421. The van der Waals surface area contributed by atoms with E-state index in [1.165, 1.54) is 0 Å². The third-order valence-corrected chi connectivity index (χ3v) is 4.27. The third-order valence-electron chi connectivity index (χ3n) is 4.27. The van der Waals surface area contributed by atoms with Gasteiger partial charge in [0.25, 0.3) is 0 Å². The minimum Gasteiger partial charge on any atom is -0.480 e. The second kappa shape index (κ2) is 9.03. The Morgan fingerprint density at radius 2 is 1.85 bits per heavy atom. The van der Waals surface area contributed by atoms with Gasteiger partial charge in [-0.1, -0.05) is 0 Å². The summed E-state index contributed by atoms with van der Waals surface area (Å²) in [7, 11) is 0. The van der Waals surface area contributed by atoms with Crippen molar-refractivity contribution < 1.29 is 19.5 Å². The molecule has 0 aliphatic heterocycles. The molecule has 2 N–H and O–H groups in total. The minimum absolute atomic E-state index is 0.0731. The molecule has 2 rings (SSSR count). The molecule has 1 aromatic carbocycles. The lowest BCUT2D eigenvalue weighted by atomic mass is 10.2. The Morgan fingerprint density at radius 1 is 1.12 bits per heavy atom. The average Bonchev–Trinajstić information content (AvgIpc) is 2.97. The molecule has 140 valence electrons. The highest BCUT2D eigenvalue weighted by Crippen LogP contribution is 2.21. The Balaban J connectivity index is 1.89. The van der Waals surface area contributed by atoms with Crippen molar-refractivity contribution in [2.75, 3.05) is 18.4 Å². The molecule has 0 fully saturated rings. The van der Waals surface area contributed by atoms with Crippen LogP contribution in [-0.4, -0.2) is 45.4 Å². The summed E-state index contributed by atoms with van der Waals surface area (Å²) in [6.07, 6.45) is 2.87. The van der Waals surface area contributed by atoms with E-state index in [0.717, 1.165) is 10.9 Å². The number of aromatic nitrogens is 1. The number of carboxylic acids is 1. The number of aliphatic carboxylic acids is 1. The molecule has 0 saturated heterocycles. The van der Waals surface area contributed by atoms with E-state index in [4.69, 9.17) is 5.11 Å². The molecule has 0 unspecified atom stereocenters. The van der Waals surface area contributed by atoms with Gasteiger partial charge < -0.3 is 19.9 Å². The number of benzene rings is 1. The number of carbonyl (C=O) groups excluding carboxylic acids is 2.